The molecular formula is C23H30N4O3. The summed E-state index contributed by atoms with van der Waals surface area (Å²) in [5.41, 5.74) is 1.35. The highest BCUT2D eigenvalue weighted by molar-refractivity contribution is 5.94. The number of piperidine rings is 1. The van der Waals surface area contributed by atoms with Gasteiger partial charge in [0, 0.05) is 37.7 Å². The van der Waals surface area contributed by atoms with Crippen LogP contribution in [0.1, 0.15) is 43.0 Å². The van der Waals surface area contributed by atoms with Gasteiger partial charge >= 0.3 is 6.03 Å². The molecule has 0 bridgehead atoms. The van der Waals surface area contributed by atoms with Crippen molar-refractivity contribution in [2.24, 2.45) is 5.92 Å². The molecule has 1 fully saturated rings. The molecule has 0 spiro atoms. The molecule has 0 saturated carbocycles. The molecule has 3 rings (SSSR count). The third kappa shape index (κ3) is 6.47. The van der Waals surface area contributed by atoms with Crippen LogP contribution in [-0.4, -0.2) is 48.1 Å². The highest BCUT2D eigenvalue weighted by Gasteiger charge is 2.24. The number of urea groups is 1. The number of nitrogens with one attached hydrogen (secondary N) is 2. The fourth-order valence-corrected chi connectivity index (χ4v) is 3.39. The van der Waals surface area contributed by atoms with Gasteiger partial charge in [-0.3, -0.25) is 9.78 Å². The van der Waals surface area contributed by atoms with Crippen LogP contribution in [0.25, 0.3) is 0 Å². The number of aromatic nitrogens is 1. The third-order valence-electron chi connectivity index (χ3n) is 5.24. The van der Waals surface area contributed by atoms with Crippen molar-refractivity contribution in [1.29, 1.82) is 0 Å². The Balaban J connectivity index is 1.36. The molecule has 0 aliphatic carbocycles. The predicted octanol–water partition coefficient (Wildman–Crippen LogP) is 3.93. The monoisotopic (exact) mass is 410 g/mol. The van der Waals surface area contributed by atoms with Crippen LogP contribution in [-0.2, 0) is 0 Å². The Morgan fingerprint density at radius 1 is 1.17 bits per heavy atom. The van der Waals surface area contributed by atoms with Gasteiger partial charge in [0.25, 0.3) is 5.91 Å². The Morgan fingerprint density at radius 2 is 1.93 bits per heavy atom. The highest BCUT2D eigenvalue weighted by Crippen LogP contribution is 2.19. The van der Waals surface area contributed by atoms with Crippen LogP contribution in [0.2, 0.25) is 0 Å². The minimum absolute atomic E-state index is 0.0226. The van der Waals surface area contributed by atoms with Crippen LogP contribution in [0.3, 0.4) is 0 Å². The fourth-order valence-electron chi connectivity index (χ4n) is 3.39. The number of nitrogens with zero attached hydrogens (tertiary/aromatic N) is 2. The summed E-state index contributed by atoms with van der Waals surface area (Å²) in [6, 6.07) is 10.7. The Hall–Kier alpha value is -3.09. The number of benzene rings is 1. The lowest BCUT2D eigenvalue weighted by molar-refractivity contribution is 0.0690. The molecule has 2 aromatic rings. The highest BCUT2D eigenvalue weighted by atomic mass is 16.5. The Kier molecular flexibility index (Phi) is 8.06. The number of carbonyl (C=O) groups is 2. The van der Waals surface area contributed by atoms with E-state index in [2.05, 4.69) is 22.5 Å². The Labute approximate surface area is 177 Å². The molecule has 3 amide bonds. The molecule has 2 N–H and O–H groups in total. The van der Waals surface area contributed by atoms with Crippen molar-refractivity contribution < 1.29 is 14.3 Å². The quantitative estimate of drug-likeness (QED) is 0.646. The molecule has 2 heterocycles. The van der Waals surface area contributed by atoms with Gasteiger partial charge < -0.3 is 20.3 Å². The van der Waals surface area contributed by atoms with Crippen molar-refractivity contribution >= 4 is 17.6 Å². The second-order valence-electron chi connectivity index (χ2n) is 7.54. The van der Waals surface area contributed by atoms with Crippen molar-refractivity contribution in [3.05, 3.63) is 54.4 Å². The smallest absolute Gasteiger partial charge is 0.319 e. The zero-order valence-corrected chi connectivity index (χ0v) is 17.5. The van der Waals surface area contributed by atoms with Crippen molar-refractivity contribution in [2.45, 2.75) is 32.6 Å². The molecular weight excluding hydrogens is 380 g/mol. The maximum absolute atomic E-state index is 12.5. The van der Waals surface area contributed by atoms with Crippen LogP contribution >= 0.6 is 0 Å². The standard InChI is InChI=1S/C23H30N4O3/c1-2-3-15-30-21-8-6-20(7-9-21)26-23(29)25-16-18-10-13-27(14-11-18)22(28)19-5-4-12-24-17-19/h4-9,12,17-18H,2-3,10-11,13-16H2,1H3,(H2,25,26,29). The summed E-state index contributed by atoms with van der Waals surface area (Å²) >= 11 is 0. The molecule has 160 valence electrons. The minimum atomic E-state index is -0.219. The van der Waals surface area contributed by atoms with Crippen LogP contribution in [0.15, 0.2) is 48.8 Å². The number of hydrogen-bond donors (Lipinski definition) is 2. The third-order valence-corrected chi connectivity index (χ3v) is 5.24. The van der Waals surface area contributed by atoms with E-state index in [1.54, 1.807) is 24.5 Å². The number of unbranched alkanes of at least 4 members (excludes halogenated alkanes) is 1. The molecule has 0 unspecified atom stereocenters. The lowest BCUT2D eigenvalue weighted by Gasteiger charge is -2.32. The lowest BCUT2D eigenvalue weighted by Crippen LogP contribution is -2.42. The maximum atomic E-state index is 12.5. The second kappa shape index (κ2) is 11.2. The maximum Gasteiger partial charge on any atom is 0.319 e. The van der Waals surface area contributed by atoms with E-state index in [9.17, 15) is 9.59 Å². The van der Waals surface area contributed by atoms with Crippen LogP contribution in [0.4, 0.5) is 10.5 Å². The number of amides is 3. The van der Waals surface area contributed by atoms with E-state index in [4.69, 9.17) is 4.74 Å². The molecule has 0 atom stereocenters. The van der Waals surface area contributed by atoms with E-state index < -0.39 is 0 Å². The minimum Gasteiger partial charge on any atom is -0.494 e. The Bertz CT molecular complexity index is 803. The van der Waals surface area contributed by atoms with Gasteiger partial charge in [-0.05, 0) is 61.6 Å². The molecule has 1 aromatic heterocycles. The summed E-state index contributed by atoms with van der Waals surface area (Å²) in [6.45, 7) is 4.82. The summed E-state index contributed by atoms with van der Waals surface area (Å²) in [5, 5.41) is 5.79. The summed E-state index contributed by atoms with van der Waals surface area (Å²) in [5.74, 6) is 1.19. The molecule has 7 nitrogen and oxygen atoms in total. The zero-order chi connectivity index (χ0) is 21.2. The molecule has 30 heavy (non-hydrogen) atoms. The first kappa shape index (κ1) is 21.6. The van der Waals surface area contributed by atoms with Gasteiger partial charge in [-0.2, -0.15) is 0 Å². The van der Waals surface area contributed by atoms with E-state index in [0.717, 1.165) is 37.1 Å². The fraction of sp³-hybridized carbons (Fsp3) is 0.435. The summed E-state index contributed by atoms with van der Waals surface area (Å²) in [7, 11) is 0. The number of carbonyl (C=O) groups excluding carboxylic acids is 2. The van der Waals surface area contributed by atoms with E-state index in [0.29, 0.717) is 37.7 Å². The van der Waals surface area contributed by atoms with Crippen LogP contribution in [0.5, 0.6) is 5.75 Å². The van der Waals surface area contributed by atoms with Crippen molar-refractivity contribution in [3.8, 4) is 5.75 Å². The van der Waals surface area contributed by atoms with Gasteiger partial charge in [-0.1, -0.05) is 13.3 Å². The summed E-state index contributed by atoms with van der Waals surface area (Å²) in [4.78, 5) is 30.5. The first-order valence-corrected chi connectivity index (χ1v) is 10.6. The van der Waals surface area contributed by atoms with Gasteiger partial charge in [-0.25, -0.2) is 4.79 Å². The van der Waals surface area contributed by atoms with E-state index >= 15 is 0 Å². The molecule has 0 radical (unpaired) electrons. The largest absolute Gasteiger partial charge is 0.494 e. The van der Waals surface area contributed by atoms with Gasteiger partial charge in [0.2, 0.25) is 0 Å². The number of likely N-dealkylation sites (tertiary alicyclic amines) is 1. The lowest BCUT2D eigenvalue weighted by atomic mass is 9.96. The number of rotatable bonds is 8. The van der Waals surface area contributed by atoms with Crippen LogP contribution in [0, 0.1) is 5.92 Å². The van der Waals surface area contributed by atoms with Gasteiger partial charge in [0.1, 0.15) is 5.75 Å². The van der Waals surface area contributed by atoms with Gasteiger partial charge in [0.15, 0.2) is 0 Å². The number of hydrogen-bond acceptors (Lipinski definition) is 4. The molecule has 1 saturated heterocycles. The summed E-state index contributed by atoms with van der Waals surface area (Å²) in [6.07, 6.45) is 7.13. The first-order chi connectivity index (χ1) is 14.7. The average molecular weight is 411 g/mol. The van der Waals surface area contributed by atoms with Gasteiger partial charge in [0.05, 0.1) is 12.2 Å². The van der Waals surface area contributed by atoms with Crippen molar-refractivity contribution in [2.75, 3.05) is 31.6 Å². The normalized spacial score (nSPS) is 14.2. The number of pyridine rings is 1. The Morgan fingerprint density at radius 3 is 2.60 bits per heavy atom. The van der Waals surface area contributed by atoms with Gasteiger partial charge in [-0.15, -0.1) is 0 Å². The van der Waals surface area contributed by atoms with Crippen molar-refractivity contribution in [1.82, 2.24) is 15.2 Å². The molecule has 1 aliphatic rings. The summed E-state index contributed by atoms with van der Waals surface area (Å²) < 4.78 is 5.63. The number of anilines is 1. The van der Waals surface area contributed by atoms with Crippen LogP contribution < -0.4 is 15.4 Å². The molecule has 7 heteroatoms. The number of ether oxygens (including phenoxy) is 1. The molecule has 1 aromatic carbocycles. The van der Waals surface area contributed by atoms with Crippen molar-refractivity contribution in [3.63, 3.8) is 0 Å². The first-order valence-electron chi connectivity index (χ1n) is 10.6. The van der Waals surface area contributed by atoms with E-state index in [-0.39, 0.29) is 11.9 Å². The predicted molar refractivity (Wildman–Crippen MR) is 117 cm³/mol. The van der Waals surface area contributed by atoms with E-state index in [1.165, 1.54) is 0 Å². The average Bonchev–Trinajstić information content (AvgIpc) is 2.79. The SMILES string of the molecule is CCCCOc1ccc(NC(=O)NCC2CCN(C(=O)c3cccnc3)CC2)cc1. The van der Waals surface area contributed by atoms with E-state index in [1.807, 2.05) is 29.2 Å². The topological polar surface area (TPSA) is 83.6 Å². The zero-order valence-electron chi connectivity index (χ0n) is 17.5. The molecule has 1 aliphatic heterocycles. The second-order valence-corrected chi connectivity index (χ2v) is 7.54.